The van der Waals surface area contributed by atoms with E-state index in [-0.39, 0.29) is 11.6 Å². The van der Waals surface area contributed by atoms with Crippen molar-refractivity contribution in [2.24, 2.45) is 0 Å². The Morgan fingerprint density at radius 2 is 1.62 bits per heavy atom. The third-order valence-corrected chi connectivity index (χ3v) is 4.08. The highest BCUT2D eigenvalue weighted by atomic mass is 19.1. The van der Waals surface area contributed by atoms with E-state index in [0.29, 0.717) is 17.2 Å². The van der Waals surface area contributed by atoms with Crippen LogP contribution in [0.25, 0.3) is 16.6 Å². The molecule has 0 aliphatic rings. The summed E-state index contributed by atoms with van der Waals surface area (Å²) in [6, 6.07) is 21.9. The van der Waals surface area contributed by atoms with Gasteiger partial charge >= 0.3 is 0 Å². The maximum absolute atomic E-state index is 13.2. The predicted molar refractivity (Wildman–Crippen MR) is 96.1 cm³/mol. The summed E-state index contributed by atoms with van der Waals surface area (Å²) in [5, 5.41) is 20.0. The van der Waals surface area contributed by atoms with Crippen LogP contribution in [0.4, 0.5) is 4.39 Å². The summed E-state index contributed by atoms with van der Waals surface area (Å²) < 4.78 is 21.0. The largest absolute Gasteiger partial charge is 0.508 e. The molecule has 4 nitrogen and oxygen atoms in total. The van der Waals surface area contributed by atoms with Crippen molar-refractivity contribution >= 4 is 10.9 Å². The Bertz CT molecular complexity index is 1120. The maximum atomic E-state index is 13.2. The Kier molecular flexibility index (Phi) is 3.79. The maximum Gasteiger partial charge on any atom is 0.223 e. The Morgan fingerprint density at radius 3 is 2.31 bits per heavy atom. The van der Waals surface area contributed by atoms with Gasteiger partial charge < -0.3 is 9.84 Å². The second-order valence-corrected chi connectivity index (χ2v) is 5.72. The number of phenolic OH excluding ortho intramolecular Hbond substituents is 1. The molecule has 0 spiro atoms. The minimum atomic E-state index is -0.364. The summed E-state index contributed by atoms with van der Waals surface area (Å²) in [6.45, 7) is 0. The van der Waals surface area contributed by atoms with Crippen LogP contribution in [0.3, 0.4) is 0 Å². The summed E-state index contributed by atoms with van der Waals surface area (Å²) in [7, 11) is 0. The van der Waals surface area contributed by atoms with Gasteiger partial charge in [0, 0.05) is 11.1 Å². The minimum absolute atomic E-state index is 0.145. The van der Waals surface area contributed by atoms with E-state index in [1.54, 1.807) is 28.8 Å². The van der Waals surface area contributed by atoms with Crippen LogP contribution in [-0.4, -0.2) is 9.67 Å². The first kappa shape index (κ1) is 15.7. The number of fused-ring (bicyclic) bond motifs is 1. The quantitative estimate of drug-likeness (QED) is 0.560. The van der Waals surface area contributed by atoms with Crippen LogP contribution < -0.4 is 4.74 Å². The van der Waals surface area contributed by atoms with Gasteiger partial charge in [-0.25, -0.2) is 4.39 Å². The molecule has 0 bridgehead atoms. The molecule has 0 fully saturated rings. The van der Waals surface area contributed by atoms with Crippen LogP contribution in [0.1, 0.15) is 5.56 Å². The highest BCUT2D eigenvalue weighted by Crippen LogP contribution is 2.37. The number of phenols is 1. The van der Waals surface area contributed by atoms with Gasteiger partial charge in [0.25, 0.3) is 0 Å². The van der Waals surface area contributed by atoms with Crippen LogP contribution >= 0.6 is 0 Å². The van der Waals surface area contributed by atoms with E-state index in [0.717, 1.165) is 16.6 Å². The Hall–Kier alpha value is -3.78. The van der Waals surface area contributed by atoms with E-state index in [9.17, 15) is 14.8 Å². The van der Waals surface area contributed by atoms with Gasteiger partial charge in [0.05, 0.1) is 5.52 Å². The molecule has 0 saturated carbocycles. The lowest BCUT2D eigenvalue weighted by Crippen LogP contribution is -1.98. The summed E-state index contributed by atoms with van der Waals surface area (Å²) in [5.41, 5.74) is 1.92. The number of hydrogen-bond donors (Lipinski definition) is 1. The number of para-hydroxylation sites is 1. The number of halogens is 1. The van der Waals surface area contributed by atoms with E-state index >= 15 is 0 Å². The fourth-order valence-electron chi connectivity index (χ4n) is 2.89. The van der Waals surface area contributed by atoms with Crippen LogP contribution in [0.15, 0.2) is 72.8 Å². The molecule has 0 unspecified atom stereocenters. The summed E-state index contributed by atoms with van der Waals surface area (Å²) in [6.07, 6.45) is 0. The van der Waals surface area contributed by atoms with Crippen molar-refractivity contribution < 1.29 is 14.2 Å². The zero-order chi connectivity index (χ0) is 18.1. The molecule has 0 saturated heterocycles. The van der Waals surface area contributed by atoms with Crippen molar-refractivity contribution in [2.45, 2.75) is 0 Å². The highest BCUT2D eigenvalue weighted by molar-refractivity contribution is 5.91. The first-order chi connectivity index (χ1) is 12.7. The van der Waals surface area contributed by atoms with Crippen LogP contribution in [0.5, 0.6) is 17.4 Å². The molecule has 5 heteroatoms. The second-order valence-electron chi connectivity index (χ2n) is 5.72. The normalized spacial score (nSPS) is 10.6. The average molecular weight is 344 g/mol. The third-order valence-electron chi connectivity index (χ3n) is 4.08. The van der Waals surface area contributed by atoms with Crippen molar-refractivity contribution in [2.75, 3.05) is 0 Å². The Morgan fingerprint density at radius 1 is 0.923 bits per heavy atom. The molecule has 26 heavy (non-hydrogen) atoms. The van der Waals surface area contributed by atoms with Crippen LogP contribution in [-0.2, 0) is 0 Å². The minimum Gasteiger partial charge on any atom is -0.508 e. The smallest absolute Gasteiger partial charge is 0.223 e. The number of hydrogen-bond acceptors (Lipinski definition) is 3. The van der Waals surface area contributed by atoms with Crippen molar-refractivity contribution in [1.29, 1.82) is 5.26 Å². The molecule has 0 aliphatic carbocycles. The number of benzene rings is 3. The van der Waals surface area contributed by atoms with Crippen molar-refractivity contribution in [1.82, 2.24) is 4.57 Å². The first-order valence-corrected chi connectivity index (χ1v) is 7.94. The lowest BCUT2D eigenvalue weighted by molar-refractivity contribution is 0.452. The topological polar surface area (TPSA) is 58.2 Å². The number of aromatic hydroxyl groups is 1. The van der Waals surface area contributed by atoms with E-state index in [2.05, 4.69) is 6.07 Å². The van der Waals surface area contributed by atoms with Crippen molar-refractivity contribution in [3.05, 3.63) is 84.2 Å². The Labute approximate surface area is 148 Å². The van der Waals surface area contributed by atoms with Crippen molar-refractivity contribution in [3.8, 4) is 29.1 Å². The summed E-state index contributed by atoms with van der Waals surface area (Å²) in [4.78, 5) is 0. The average Bonchev–Trinajstić information content (AvgIpc) is 2.97. The lowest BCUT2D eigenvalue weighted by atomic mass is 10.2. The van der Waals surface area contributed by atoms with Gasteiger partial charge in [0.15, 0.2) is 0 Å². The third kappa shape index (κ3) is 2.64. The number of aromatic nitrogens is 1. The van der Waals surface area contributed by atoms with E-state index in [4.69, 9.17) is 4.74 Å². The fraction of sp³-hybridized carbons (Fsp3) is 0. The standard InChI is InChI=1S/C21H13FN2O2/c22-14-5-11-17(12-6-14)26-21-19(13-23)18-3-1-2-4-20(18)24(21)15-7-9-16(25)10-8-15/h1-12,25H. The molecule has 4 rings (SSSR count). The molecule has 0 amide bonds. The van der Waals surface area contributed by atoms with Gasteiger partial charge in [-0.1, -0.05) is 18.2 Å². The fourth-order valence-corrected chi connectivity index (χ4v) is 2.89. The summed E-state index contributed by atoms with van der Waals surface area (Å²) >= 11 is 0. The monoisotopic (exact) mass is 344 g/mol. The molecule has 1 aromatic heterocycles. The number of rotatable bonds is 3. The van der Waals surface area contributed by atoms with Gasteiger partial charge in [-0.15, -0.1) is 0 Å². The highest BCUT2D eigenvalue weighted by Gasteiger charge is 2.20. The van der Waals surface area contributed by atoms with Gasteiger partial charge in [-0.2, -0.15) is 5.26 Å². The molecular weight excluding hydrogens is 331 g/mol. The first-order valence-electron chi connectivity index (χ1n) is 7.94. The second kappa shape index (κ2) is 6.26. The van der Waals surface area contributed by atoms with Gasteiger partial charge in [0.1, 0.15) is 28.9 Å². The number of nitriles is 1. The number of ether oxygens (including phenoxy) is 1. The Balaban J connectivity index is 1.97. The predicted octanol–water partition coefficient (Wildman–Crippen LogP) is 5.14. The molecule has 126 valence electrons. The van der Waals surface area contributed by atoms with Gasteiger partial charge in [0.2, 0.25) is 5.88 Å². The zero-order valence-corrected chi connectivity index (χ0v) is 13.6. The summed E-state index contributed by atoms with van der Waals surface area (Å²) in [5.74, 6) is 0.542. The molecule has 4 aromatic rings. The van der Waals surface area contributed by atoms with Crippen LogP contribution in [0.2, 0.25) is 0 Å². The molecule has 3 aromatic carbocycles. The lowest BCUT2D eigenvalue weighted by Gasteiger charge is -2.12. The van der Waals surface area contributed by atoms with Gasteiger partial charge in [-0.3, -0.25) is 4.57 Å². The SMILES string of the molecule is N#Cc1c(Oc2ccc(F)cc2)n(-c2ccc(O)cc2)c2ccccc12. The number of nitrogens with zero attached hydrogens (tertiary/aromatic N) is 2. The molecule has 1 N–H and O–H groups in total. The zero-order valence-electron chi connectivity index (χ0n) is 13.6. The van der Waals surface area contributed by atoms with Crippen LogP contribution in [0, 0.1) is 17.1 Å². The molecular formula is C21H13FN2O2. The molecule has 1 heterocycles. The van der Waals surface area contributed by atoms with Gasteiger partial charge in [-0.05, 0) is 54.6 Å². The van der Waals surface area contributed by atoms with E-state index in [1.165, 1.54) is 24.3 Å². The molecule has 0 aliphatic heterocycles. The van der Waals surface area contributed by atoms with E-state index in [1.807, 2.05) is 24.3 Å². The van der Waals surface area contributed by atoms with Crippen molar-refractivity contribution in [3.63, 3.8) is 0 Å². The molecule has 0 atom stereocenters. The van der Waals surface area contributed by atoms with E-state index < -0.39 is 0 Å². The molecule has 0 radical (unpaired) electrons.